The third kappa shape index (κ3) is 35.7. The molecule has 0 rings (SSSR count). The van der Waals surface area contributed by atoms with Crippen LogP contribution in [0, 0.1) is 0 Å². The number of esters is 3. The molecule has 0 aliphatic carbocycles. The van der Waals surface area contributed by atoms with Crippen LogP contribution in [-0.2, 0) is 28.6 Å². The van der Waals surface area contributed by atoms with Crippen molar-refractivity contribution in [3.05, 3.63) is 0 Å². The van der Waals surface area contributed by atoms with Gasteiger partial charge < -0.3 is 14.2 Å². The van der Waals surface area contributed by atoms with Crippen LogP contribution in [0.5, 0.6) is 0 Å². The van der Waals surface area contributed by atoms with E-state index >= 15 is 0 Å². The van der Waals surface area contributed by atoms with E-state index < -0.39 is 6.10 Å². The van der Waals surface area contributed by atoms with Crippen LogP contribution in [0.4, 0.5) is 0 Å². The fraction of sp³-hybridized carbons (Fsp3) is 0.929. The minimum atomic E-state index is -0.755. The second-order valence-corrected chi connectivity index (χ2v) is 14.3. The Labute approximate surface area is 298 Å². The van der Waals surface area contributed by atoms with Crippen LogP contribution in [0.1, 0.15) is 233 Å². The van der Waals surface area contributed by atoms with Crippen LogP contribution in [0.2, 0.25) is 0 Å². The van der Waals surface area contributed by atoms with Crippen LogP contribution in [0.25, 0.3) is 0 Å². The Morgan fingerprint density at radius 2 is 0.562 bits per heavy atom. The molecule has 0 heterocycles. The predicted molar refractivity (Wildman–Crippen MR) is 201 cm³/mol. The zero-order valence-corrected chi connectivity index (χ0v) is 32.3. The highest BCUT2D eigenvalue weighted by Crippen LogP contribution is 2.15. The summed E-state index contributed by atoms with van der Waals surface area (Å²) in [5, 5.41) is 0. The highest BCUT2D eigenvalue weighted by molar-refractivity contribution is 5.71. The Hall–Kier alpha value is -1.59. The number of carbonyl (C=O) groups is 3. The first kappa shape index (κ1) is 46.4. The average molecular weight is 681 g/mol. The van der Waals surface area contributed by atoms with Gasteiger partial charge in [0.15, 0.2) is 6.10 Å². The maximum Gasteiger partial charge on any atom is 0.306 e. The molecule has 6 heteroatoms. The lowest BCUT2D eigenvalue weighted by Gasteiger charge is -2.18. The molecule has 0 spiro atoms. The molecule has 0 N–H and O–H groups in total. The molecule has 1 atom stereocenters. The van der Waals surface area contributed by atoms with Gasteiger partial charge in [0, 0.05) is 19.3 Å². The zero-order chi connectivity index (χ0) is 35.2. The fourth-order valence-electron chi connectivity index (χ4n) is 6.15. The first-order valence-corrected chi connectivity index (χ1v) is 21.0. The summed E-state index contributed by atoms with van der Waals surface area (Å²) in [6.07, 6.45) is 36.9. The third-order valence-electron chi connectivity index (χ3n) is 9.36. The van der Waals surface area contributed by atoms with Crippen molar-refractivity contribution in [2.24, 2.45) is 0 Å². The molecule has 284 valence electrons. The Balaban J connectivity index is 4.15. The van der Waals surface area contributed by atoms with Crippen molar-refractivity contribution in [1.82, 2.24) is 0 Å². The average Bonchev–Trinajstić information content (AvgIpc) is 3.08. The van der Waals surface area contributed by atoms with E-state index in [0.29, 0.717) is 19.3 Å². The Morgan fingerprint density at radius 3 is 0.833 bits per heavy atom. The first-order valence-electron chi connectivity index (χ1n) is 21.0. The summed E-state index contributed by atoms with van der Waals surface area (Å²) < 4.78 is 16.5. The molecule has 0 fully saturated rings. The molecule has 0 aliphatic rings. The lowest BCUT2D eigenvalue weighted by molar-refractivity contribution is -0.167. The summed E-state index contributed by atoms with van der Waals surface area (Å²) in [7, 11) is 0. The van der Waals surface area contributed by atoms with Gasteiger partial charge in [-0.1, -0.05) is 194 Å². The summed E-state index contributed by atoms with van der Waals surface area (Å²) in [5.41, 5.74) is 0. The van der Waals surface area contributed by atoms with Gasteiger partial charge in [-0.2, -0.15) is 0 Å². The molecule has 0 saturated heterocycles. The Kier molecular flexibility index (Phi) is 36.9. The zero-order valence-electron chi connectivity index (χ0n) is 32.3. The molecule has 0 aromatic rings. The van der Waals surface area contributed by atoms with E-state index in [4.69, 9.17) is 14.2 Å². The molecule has 0 aliphatic heterocycles. The predicted octanol–water partition coefficient (Wildman–Crippen LogP) is 12.9. The molecule has 0 amide bonds. The van der Waals surface area contributed by atoms with Crippen LogP contribution in [0.15, 0.2) is 0 Å². The minimum absolute atomic E-state index is 0.0645. The minimum Gasteiger partial charge on any atom is -0.462 e. The van der Waals surface area contributed by atoms with Crippen molar-refractivity contribution in [3.8, 4) is 0 Å². The summed E-state index contributed by atoms with van der Waals surface area (Å²) >= 11 is 0. The third-order valence-corrected chi connectivity index (χ3v) is 9.36. The SMILES string of the molecule is CCCCCCCCCCCCCCCCCCC(=O)OCC(COC(=O)CCCCCCC)OC(=O)CCCCCCCCCCC. The summed E-state index contributed by atoms with van der Waals surface area (Å²) in [6.45, 7) is 6.54. The smallest absolute Gasteiger partial charge is 0.306 e. The number of ether oxygens (including phenoxy) is 3. The molecule has 6 nitrogen and oxygen atoms in total. The van der Waals surface area contributed by atoms with E-state index in [1.807, 2.05) is 0 Å². The summed E-state index contributed by atoms with van der Waals surface area (Å²) in [6, 6.07) is 0. The Morgan fingerprint density at radius 1 is 0.333 bits per heavy atom. The maximum absolute atomic E-state index is 12.6. The van der Waals surface area contributed by atoms with E-state index in [2.05, 4.69) is 20.8 Å². The Bertz CT molecular complexity index is 708. The van der Waals surface area contributed by atoms with E-state index in [0.717, 1.165) is 64.2 Å². The molecule has 0 saturated carbocycles. The van der Waals surface area contributed by atoms with Gasteiger partial charge in [0.1, 0.15) is 13.2 Å². The van der Waals surface area contributed by atoms with Gasteiger partial charge in [-0.05, 0) is 19.3 Å². The summed E-state index contributed by atoms with van der Waals surface area (Å²) in [5.74, 6) is -0.874. The van der Waals surface area contributed by atoms with Crippen LogP contribution in [0.3, 0.4) is 0 Å². The number of unbranched alkanes of at least 4 members (excludes halogenated alkanes) is 27. The lowest BCUT2D eigenvalue weighted by atomic mass is 10.0. The lowest BCUT2D eigenvalue weighted by Crippen LogP contribution is -2.30. The van der Waals surface area contributed by atoms with E-state index in [9.17, 15) is 14.4 Å². The second-order valence-electron chi connectivity index (χ2n) is 14.3. The standard InChI is InChI=1S/C42H80O6/c1-4-7-10-13-15-17-18-19-20-21-22-23-25-26-29-32-35-41(44)47-38-39(37-46-40(43)34-31-28-12-9-6-3)48-42(45)36-33-30-27-24-16-14-11-8-5-2/h39H,4-38H2,1-3H3. The van der Waals surface area contributed by atoms with E-state index in [1.165, 1.54) is 128 Å². The second kappa shape index (κ2) is 38.2. The van der Waals surface area contributed by atoms with Crippen LogP contribution < -0.4 is 0 Å². The number of hydrogen-bond donors (Lipinski definition) is 0. The van der Waals surface area contributed by atoms with Gasteiger partial charge in [-0.25, -0.2) is 0 Å². The van der Waals surface area contributed by atoms with Crippen LogP contribution in [-0.4, -0.2) is 37.2 Å². The van der Waals surface area contributed by atoms with Crippen molar-refractivity contribution < 1.29 is 28.6 Å². The van der Waals surface area contributed by atoms with Crippen molar-refractivity contribution in [2.75, 3.05) is 13.2 Å². The number of rotatable bonds is 38. The van der Waals surface area contributed by atoms with Crippen LogP contribution >= 0.6 is 0 Å². The molecule has 0 aromatic carbocycles. The van der Waals surface area contributed by atoms with Gasteiger partial charge in [-0.3, -0.25) is 14.4 Å². The molecule has 0 radical (unpaired) electrons. The van der Waals surface area contributed by atoms with Gasteiger partial charge >= 0.3 is 17.9 Å². The fourth-order valence-corrected chi connectivity index (χ4v) is 6.15. The molecule has 1 unspecified atom stereocenters. The van der Waals surface area contributed by atoms with Crippen molar-refractivity contribution >= 4 is 17.9 Å². The van der Waals surface area contributed by atoms with E-state index in [1.54, 1.807) is 0 Å². The first-order chi connectivity index (χ1) is 23.5. The van der Waals surface area contributed by atoms with Gasteiger partial charge in [0.2, 0.25) is 0 Å². The van der Waals surface area contributed by atoms with Gasteiger partial charge in [-0.15, -0.1) is 0 Å². The monoisotopic (exact) mass is 681 g/mol. The topological polar surface area (TPSA) is 78.9 Å². The van der Waals surface area contributed by atoms with E-state index in [-0.39, 0.29) is 31.1 Å². The molecular weight excluding hydrogens is 600 g/mol. The van der Waals surface area contributed by atoms with Gasteiger partial charge in [0.05, 0.1) is 0 Å². The highest BCUT2D eigenvalue weighted by Gasteiger charge is 2.19. The maximum atomic E-state index is 12.6. The van der Waals surface area contributed by atoms with Crippen molar-refractivity contribution in [2.45, 2.75) is 239 Å². The number of carbonyl (C=O) groups excluding carboxylic acids is 3. The normalized spacial score (nSPS) is 11.8. The van der Waals surface area contributed by atoms with Gasteiger partial charge in [0.25, 0.3) is 0 Å². The van der Waals surface area contributed by atoms with Crippen molar-refractivity contribution in [3.63, 3.8) is 0 Å². The van der Waals surface area contributed by atoms with Crippen molar-refractivity contribution in [1.29, 1.82) is 0 Å². The largest absolute Gasteiger partial charge is 0.462 e. The quantitative estimate of drug-likeness (QED) is 0.0367. The molecule has 0 bridgehead atoms. The molecule has 0 aromatic heterocycles. The molecule has 48 heavy (non-hydrogen) atoms. The number of hydrogen-bond acceptors (Lipinski definition) is 6. The highest BCUT2D eigenvalue weighted by atomic mass is 16.6. The molecular formula is C42H80O6. The summed E-state index contributed by atoms with van der Waals surface area (Å²) in [4.78, 5) is 37.3.